The van der Waals surface area contributed by atoms with Gasteiger partial charge in [0.1, 0.15) is 6.54 Å². The van der Waals surface area contributed by atoms with Crippen molar-refractivity contribution in [2.45, 2.75) is 13.2 Å². The van der Waals surface area contributed by atoms with Crippen LogP contribution in [0.15, 0.2) is 16.7 Å². The first-order valence-corrected chi connectivity index (χ1v) is 4.99. The van der Waals surface area contributed by atoms with E-state index in [1.807, 2.05) is 0 Å². The minimum atomic E-state index is -4.89. The van der Waals surface area contributed by atoms with Gasteiger partial charge in [0.05, 0.1) is 20.7 Å². The lowest BCUT2D eigenvalue weighted by Crippen LogP contribution is -2.47. The maximum absolute atomic E-state index is 10.1. The molecule has 7 heteroatoms. The summed E-state index contributed by atoms with van der Waals surface area (Å²) >= 11 is 0. The lowest BCUT2D eigenvalue weighted by Gasteiger charge is -2.28. The molecule has 0 atom stereocenters. The van der Waals surface area contributed by atoms with Crippen molar-refractivity contribution in [1.29, 1.82) is 0 Å². The fourth-order valence-electron chi connectivity index (χ4n) is 0.787. The minimum Gasteiger partial charge on any atom is -0.790 e. The van der Waals surface area contributed by atoms with Crippen LogP contribution in [0, 0.1) is 0 Å². The lowest BCUT2D eigenvalue weighted by atomic mass is 10.3. The van der Waals surface area contributed by atoms with Crippen molar-refractivity contribution in [3.63, 3.8) is 0 Å². The maximum Gasteiger partial charge on any atom is 0.158 e. The SMILES string of the molecule is [NH3+]Cc1cc(COP(=O)([O-])[O-])co1. The Morgan fingerprint density at radius 1 is 1.62 bits per heavy atom. The molecule has 0 aliphatic heterocycles. The number of phosphoric ester groups is 1. The summed E-state index contributed by atoms with van der Waals surface area (Å²) in [7, 11) is -4.89. The van der Waals surface area contributed by atoms with E-state index < -0.39 is 7.82 Å². The van der Waals surface area contributed by atoms with Gasteiger partial charge in [-0.2, -0.15) is 0 Å². The number of furan rings is 1. The summed E-state index contributed by atoms with van der Waals surface area (Å²) in [5, 5.41) is 0. The van der Waals surface area contributed by atoms with Crippen molar-refractivity contribution in [2.24, 2.45) is 0 Å². The molecule has 0 aliphatic rings. The number of rotatable bonds is 4. The highest BCUT2D eigenvalue weighted by Crippen LogP contribution is 2.26. The van der Waals surface area contributed by atoms with E-state index in [2.05, 4.69) is 10.3 Å². The second-order valence-corrected chi connectivity index (χ2v) is 3.54. The molecule has 0 unspecified atom stereocenters. The molecule has 0 amide bonds. The molecule has 74 valence electrons. The number of hydrogen-bond acceptors (Lipinski definition) is 5. The number of phosphoric acid groups is 1. The van der Waals surface area contributed by atoms with E-state index in [4.69, 9.17) is 4.42 Å². The second kappa shape index (κ2) is 4.04. The van der Waals surface area contributed by atoms with Gasteiger partial charge >= 0.3 is 0 Å². The van der Waals surface area contributed by atoms with Crippen molar-refractivity contribution in [3.05, 3.63) is 23.7 Å². The molecule has 1 heterocycles. The first-order chi connectivity index (χ1) is 6.01. The van der Waals surface area contributed by atoms with Crippen LogP contribution in [0.25, 0.3) is 0 Å². The Balaban J connectivity index is 2.50. The van der Waals surface area contributed by atoms with Crippen LogP contribution in [-0.4, -0.2) is 0 Å². The molecule has 1 aromatic heterocycles. The first-order valence-electron chi connectivity index (χ1n) is 3.53. The quantitative estimate of drug-likeness (QED) is 0.594. The predicted molar refractivity (Wildman–Crippen MR) is 37.7 cm³/mol. The van der Waals surface area contributed by atoms with Crippen LogP contribution in [-0.2, 0) is 22.2 Å². The fourth-order valence-corrected chi connectivity index (χ4v) is 1.09. The highest BCUT2D eigenvalue weighted by molar-refractivity contribution is 7.43. The molecule has 1 aromatic rings. The zero-order valence-corrected chi connectivity index (χ0v) is 7.66. The first kappa shape index (κ1) is 10.4. The van der Waals surface area contributed by atoms with Gasteiger partial charge in [-0.05, 0) is 6.07 Å². The molecule has 0 aromatic carbocycles. The largest absolute Gasteiger partial charge is 0.790 e. The molecule has 0 fully saturated rings. The minimum absolute atomic E-state index is 0.284. The molecule has 1 rings (SSSR count). The van der Waals surface area contributed by atoms with Crippen LogP contribution in [0.2, 0.25) is 0 Å². The molecule has 6 nitrogen and oxygen atoms in total. The topological polar surface area (TPSA) is 113 Å². The van der Waals surface area contributed by atoms with E-state index in [1.165, 1.54) is 6.26 Å². The molecule has 0 radical (unpaired) electrons. The zero-order chi connectivity index (χ0) is 9.90. The summed E-state index contributed by atoms with van der Waals surface area (Å²) in [5.41, 5.74) is 4.07. The molecular formula is C6H9NO5P-. The van der Waals surface area contributed by atoms with Crippen molar-refractivity contribution >= 4 is 7.82 Å². The molecule has 0 spiro atoms. The number of quaternary nitrogens is 1. The Morgan fingerprint density at radius 3 is 2.77 bits per heavy atom. The monoisotopic (exact) mass is 206 g/mol. The smallest absolute Gasteiger partial charge is 0.158 e. The molecule has 0 bridgehead atoms. The summed E-state index contributed by atoms with van der Waals surface area (Å²) in [4.78, 5) is 20.2. The van der Waals surface area contributed by atoms with Gasteiger partial charge in [-0.3, -0.25) is 0 Å². The summed E-state index contributed by atoms with van der Waals surface area (Å²) in [6.07, 6.45) is 1.33. The van der Waals surface area contributed by atoms with Gasteiger partial charge in [-0.15, -0.1) is 0 Å². The Morgan fingerprint density at radius 2 is 2.31 bits per heavy atom. The van der Waals surface area contributed by atoms with Gasteiger partial charge in [-0.1, -0.05) is 0 Å². The van der Waals surface area contributed by atoms with Crippen molar-refractivity contribution in [1.82, 2.24) is 0 Å². The maximum atomic E-state index is 10.1. The van der Waals surface area contributed by atoms with E-state index >= 15 is 0 Å². The summed E-state index contributed by atoms with van der Waals surface area (Å²) in [5.74, 6) is 0.616. The third kappa shape index (κ3) is 3.71. The average molecular weight is 206 g/mol. The molecular weight excluding hydrogens is 197 g/mol. The predicted octanol–water partition coefficient (Wildman–Crippen LogP) is -1.63. The summed E-state index contributed by atoms with van der Waals surface area (Å²) < 4.78 is 19.1. The van der Waals surface area contributed by atoms with Gasteiger partial charge in [0, 0.05) is 5.56 Å². The Hall–Kier alpha value is -0.650. The van der Waals surface area contributed by atoms with Gasteiger partial charge in [0.2, 0.25) is 0 Å². The molecule has 13 heavy (non-hydrogen) atoms. The van der Waals surface area contributed by atoms with E-state index in [1.54, 1.807) is 6.07 Å². The lowest BCUT2D eigenvalue weighted by molar-refractivity contribution is -0.390. The van der Waals surface area contributed by atoms with Crippen LogP contribution in [0.1, 0.15) is 11.3 Å². The van der Waals surface area contributed by atoms with Gasteiger partial charge in [0.15, 0.2) is 5.76 Å². The van der Waals surface area contributed by atoms with Crippen molar-refractivity contribution < 1.29 is 29.0 Å². The summed E-state index contributed by atoms with van der Waals surface area (Å²) in [6, 6.07) is 1.59. The van der Waals surface area contributed by atoms with E-state index in [0.29, 0.717) is 17.9 Å². The van der Waals surface area contributed by atoms with Crippen molar-refractivity contribution in [3.8, 4) is 0 Å². The molecule has 0 aliphatic carbocycles. The average Bonchev–Trinajstić information content (AvgIpc) is 2.47. The van der Waals surface area contributed by atoms with Crippen molar-refractivity contribution in [2.75, 3.05) is 0 Å². The second-order valence-electron chi connectivity index (χ2n) is 2.39. The standard InChI is InChI=1S/C6H10NO5P/c7-2-6-1-5(3-11-6)4-12-13(8,9)10/h1,3H,2,4,7H2,(H2,8,9,10)/p-1. The van der Waals surface area contributed by atoms with Crippen LogP contribution in [0.3, 0.4) is 0 Å². The van der Waals surface area contributed by atoms with E-state index in [0.717, 1.165) is 0 Å². The molecule has 0 saturated heterocycles. The van der Waals surface area contributed by atoms with Crippen LogP contribution in [0.4, 0.5) is 0 Å². The fraction of sp³-hybridized carbons (Fsp3) is 0.333. The molecule has 3 N–H and O–H groups in total. The van der Waals surface area contributed by atoms with Gasteiger partial charge in [-0.25, -0.2) is 0 Å². The van der Waals surface area contributed by atoms with Crippen LogP contribution >= 0.6 is 7.82 Å². The Labute approximate surface area is 74.5 Å². The molecule has 0 saturated carbocycles. The van der Waals surface area contributed by atoms with Gasteiger partial charge < -0.3 is 29.0 Å². The van der Waals surface area contributed by atoms with E-state index in [-0.39, 0.29) is 6.61 Å². The third-order valence-electron chi connectivity index (χ3n) is 1.34. The van der Waals surface area contributed by atoms with Gasteiger partial charge in [0.25, 0.3) is 0 Å². The van der Waals surface area contributed by atoms with Crippen LogP contribution in [0.5, 0.6) is 0 Å². The Bertz CT molecular complexity index is 317. The van der Waals surface area contributed by atoms with Crippen LogP contribution < -0.4 is 15.5 Å². The highest BCUT2D eigenvalue weighted by Gasteiger charge is 2.01. The zero-order valence-electron chi connectivity index (χ0n) is 6.76. The normalized spacial score (nSPS) is 11.9. The Kier molecular flexibility index (Phi) is 3.24. The van der Waals surface area contributed by atoms with E-state index in [9.17, 15) is 14.4 Å². The highest BCUT2D eigenvalue weighted by atomic mass is 31.2. The third-order valence-corrected chi connectivity index (χ3v) is 1.79. The summed E-state index contributed by atoms with van der Waals surface area (Å²) in [6.45, 7) is 0.181. The number of hydrogen-bond donors (Lipinski definition) is 1.